The zero-order chi connectivity index (χ0) is 40.3. The third-order valence-corrected chi connectivity index (χ3v) is 7.36. The number of carbonyl (C=O) groups excluding carboxylic acids is 6. The van der Waals surface area contributed by atoms with Crippen molar-refractivity contribution in [1.29, 1.82) is 0 Å². The van der Waals surface area contributed by atoms with Crippen LogP contribution in [0, 0.1) is 0 Å². The summed E-state index contributed by atoms with van der Waals surface area (Å²) in [4.78, 5) is 77.3. The number of anilines is 3. The van der Waals surface area contributed by atoms with Crippen LogP contribution in [0.3, 0.4) is 0 Å². The lowest BCUT2D eigenvalue weighted by atomic mass is 10.1. The predicted molar refractivity (Wildman–Crippen MR) is 205 cm³/mol. The summed E-state index contributed by atoms with van der Waals surface area (Å²) >= 11 is 0. The van der Waals surface area contributed by atoms with Crippen molar-refractivity contribution in [2.75, 3.05) is 44.5 Å². The van der Waals surface area contributed by atoms with Gasteiger partial charge in [-0.1, -0.05) is 36.4 Å². The van der Waals surface area contributed by atoms with Crippen LogP contribution in [0.5, 0.6) is 0 Å². The van der Waals surface area contributed by atoms with Crippen LogP contribution in [0.2, 0.25) is 0 Å². The Bertz CT molecular complexity index is 1620. The summed E-state index contributed by atoms with van der Waals surface area (Å²) in [5, 5.41) is 0. The van der Waals surface area contributed by atoms with Gasteiger partial charge >= 0.3 is 35.8 Å². The number of benzene rings is 3. The Hall–Kier alpha value is -6.50. The first-order chi connectivity index (χ1) is 26.5. The van der Waals surface area contributed by atoms with E-state index in [1.54, 1.807) is 114 Å². The van der Waals surface area contributed by atoms with Gasteiger partial charge in [-0.2, -0.15) is 0 Å². The molecule has 0 aliphatic rings. The average molecular weight is 756 g/mol. The van der Waals surface area contributed by atoms with E-state index in [-0.39, 0.29) is 56.4 Å². The summed E-state index contributed by atoms with van der Waals surface area (Å²) in [5.74, 6) is -4.84. The Morgan fingerprint density at radius 3 is 0.709 bits per heavy atom. The molecule has 0 N–H and O–H groups in total. The Kier molecular flexibility index (Phi) is 17.1. The van der Waals surface area contributed by atoms with Crippen molar-refractivity contribution in [1.82, 2.24) is 0 Å². The molecule has 3 aromatic carbocycles. The first-order valence-corrected chi connectivity index (χ1v) is 17.8. The third kappa shape index (κ3) is 12.3. The molecular formula is C42H45NO12. The second kappa shape index (κ2) is 21.9. The van der Waals surface area contributed by atoms with Crippen molar-refractivity contribution in [3.05, 3.63) is 106 Å². The summed E-state index contributed by atoms with van der Waals surface area (Å²) in [7, 11) is 0. The molecule has 0 aliphatic carbocycles. The van der Waals surface area contributed by atoms with Gasteiger partial charge in [-0.3, -0.25) is 0 Å². The smallest absolute Gasteiger partial charge is 0.345 e. The molecule has 55 heavy (non-hydrogen) atoms. The Balaban J connectivity index is 2.14. The Morgan fingerprint density at radius 1 is 0.364 bits per heavy atom. The van der Waals surface area contributed by atoms with Crippen LogP contribution >= 0.6 is 0 Å². The van der Waals surface area contributed by atoms with Gasteiger partial charge in [-0.05, 0) is 113 Å². The molecule has 0 aliphatic heterocycles. The van der Waals surface area contributed by atoms with Gasteiger partial charge in [0.15, 0.2) is 0 Å². The number of rotatable bonds is 18. The van der Waals surface area contributed by atoms with Crippen molar-refractivity contribution in [3.8, 4) is 0 Å². The van der Waals surface area contributed by atoms with Crippen LogP contribution < -0.4 is 4.90 Å². The highest BCUT2D eigenvalue weighted by molar-refractivity contribution is 6.19. The number of hydrogen-bond acceptors (Lipinski definition) is 13. The molecule has 0 spiro atoms. The van der Waals surface area contributed by atoms with E-state index in [1.807, 2.05) is 4.90 Å². The molecule has 13 nitrogen and oxygen atoms in total. The van der Waals surface area contributed by atoms with E-state index < -0.39 is 35.8 Å². The summed E-state index contributed by atoms with van der Waals surface area (Å²) in [6.45, 7) is 10.3. The molecule has 3 aromatic rings. The SMILES string of the molecule is CCOC(=O)C(=Cc1ccc(N(c2ccc(C=C(C(=O)OCC)C(=O)OCC)cc2)c2ccc(C=C(C(=O)OCC)C(=O)OCC)cc2)cc1)C(=O)OCC. The molecule has 0 bridgehead atoms. The van der Waals surface area contributed by atoms with Crippen molar-refractivity contribution < 1.29 is 57.2 Å². The van der Waals surface area contributed by atoms with Crippen LogP contribution in [0.25, 0.3) is 18.2 Å². The monoisotopic (exact) mass is 755 g/mol. The summed E-state index contributed by atoms with van der Waals surface area (Å²) in [5.41, 5.74) is 2.80. The maximum atomic E-state index is 12.6. The van der Waals surface area contributed by atoms with Crippen molar-refractivity contribution in [3.63, 3.8) is 0 Å². The van der Waals surface area contributed by atoms with Gasteiger partial charge < -0.3 is 33.3 Å². The van der Waals surface area contributed by atoms with E-state index in [2.05, 4.69) is 0 Å². The van der Waals surface area contributed by atoms with Crippen LogP contribution in [0.15, 0.2) is 89.5 Å². The molecular weight excluding hydrogens is 710 g/mol. The largest absolute Gasteiger partial charge is 0.462 e. The minimum atomic E-state index is -0.807. The van der Waals surface area contributed by atoms with E-state index >= 15 is 0 Å². The maximum Gasteiger partial charge on any atom is 0.345 e. The van der Waals surface area contributed by atoms with Crippen molar-refractivity contribution in [2.24, 2.45) is 0 Å². The molecule has 13 heteroatoms. The Labute approximate surface area is 320 Å². The Morgan fingerprint density at radius 2 is 0.545 bits per heavy atom. The van der Waals surface area contributed by atoms with E-state index in [9.17, 15) is 28.8 Å². The number of hydrogen-bond donors (Lipinski definition) is 0. The van der Waals surface area contributed by atoms with Gasteiger partial charge in [-0.25, -0.2) is 28.8 Å². The molecule has 0 unspecified atom stereocenters. The molecule has 0 saturated carbocycles. The van der Waals surface area contributed by atoms with E-state index in [0.717, 1.165) is 0 Å². The maximum absolute atomic E-state index is 12.6. The zero-order valence-corrected chi connectivity index (χ0v) is 31.7. The fraction of sp³-hybridized carbons (Fsp3) is 0.286. The summed E-state index contributed by atoms with van der Waals surface area (Å²) in [6, 6.07) is 20.9. The lowest BCUT2D eigenvalue weighted by Crippen LogP contribution is -2.18. The molecule has 0 aromatic heterocycles. The highest BCUT2D eigenvalue weighted by atomic mass is 16.6. The molecule has 0 fully saturated rings. The van der Waals surface area contributed by atoms with Gasteiger partial charge in [0.2, 0.25) is 0 Å². The fourth-order valence-electron chi connectivity index (χ4n) is 4.96. The van der Waals surface area contributed by atoms with Gasteiger partial charge in [0, 0.05) is 17.1 Å². The highest BCUT2D eigenvalue weighted by Crippen LogP contribution is 2.35. The normalized spacial score (nSPS) is 10.1. The lowest BCUT2D eigenvalue weighted by Gasteiger charge is -2.26. The quantitative estimate of drug-likeness (QED) is 0.0445. The van der Waals surface area contributed by atoms with Gasteiger partial charge in [-0.15, -0.1) is 0 Å². The second-order valence-corrected chi connectivity index (χ2v) is 11.1. The molecule has 0 saturated heterocycles. The average Bonchev–Trinajstić information content (AvgIpc) is 3.17. The number of nitrogens with zero attached hydrogens (tertiary/aromatic N) is 1. The predicted octanol–water partition coefficient (Wildman–Crippen LogP) is 6.69. The standard InChI is InChI=1S/C42H45NO12/c1-7-50-37(44)34(38(45)51-8-2)25-28-13-19-31(20-14-28)43(32-21-15-29(16-22-32)26-35(39(46)52-9-3)40(47)53-10-4)33-23-17-30(18-24-33)27-36(41(48)54-11-5)42(49)55-12-6/h13-27H,7-12H2,1-6H3. The van der Waals surface area contributed by atoms with Gasteiger partial charge in [0.25, 0.3) is 0 Å². The van der Waals surface area contributed by atoms with E-state index in [0.29, 0.717) is 33.8 Å². The van der Waals surface area contributed by atoms with Crippen LogP contribution in [0.1, 0.15) is 58.2 Å². The molecule has 0 radical (unpaired) electrons. The number of ether oxygens (including phenoxy) is 6. The molecule has 3 rings (SSSR count). The lowest BCUT2D eigenvalue weighted by molar-refractivity contribution is -0.148. The molecule has 0 heterocycles. The van der Waals surface area contributed by atoms with Crippen LogP contribution in [-0.2, 0) is 57.2 Å². The van der Waals surface area contributed by atoms with E-state index in [1.165, 1.54) is 18.2 Å². The van der Waals surface area contributed by atoms with Gasteiger partial charge in [0.1, 0.15) is 16.7 Å². The minimum Gasteiger partial charge on any atom is -0.462 e. The van der Waals surface area contributed by atoms with E-state index in [4.69, 9.17) is 28.4 Å². The summed E-state index contributed by atoms with van der Waals surface area (Å²) in [6.07, 6.45) is 4.17. The van der Waals surface area contributed by atoms with Crippen molar-refractivity contribution >= 4 is 71.1 Å². The first-order valence-electron chi connectivity index (χ1n) is 17.8. The second-order valence-electron chi connectivity index (χ2n) is 11.1. The zero-order valence-electron chi connectivity index (χ0n) is 31.7. The van der Waals surface area contributed by atoms with Crippen LogP contribution in [-0.4, -0.2) is 75.5 Å². The summed E-state index contributed by atoms with van der Waals surface area (Å²) < 4.78 is 30.4. The molecule has 290 valence electrons. The number of esters is 6. The first kappa shape index (κ1) is 42.9. The molecule has 0 amide bonds. The van der Waals surface area contributed by atoms with Crippen LogP contribution in [0.4, 0.5) is 17.1 Å². The highest BCUT2D eigenvalue weighted by Gasteiger charge is 2.24. The van der Waals surface area contributed by atoms with Crippen molar-refractivity contribution in [2.45, 2.75) is 41.5 Å². The molecule has 0 atom stereocenters. The minimum absolute atomic E-state index is 0.0760. The van der Waals surface area contributed by atoms with Gasteiger partial charge in [0.05, 0.1) is 39.6 Å². The number of carbonyl (C=O) groups is 6. The third-order valence-electron chi connectivity index (χ3n) is 7.36. The fourth-order valence-corrected chi connectivity index (χ4v) is 4.96. The topological polar surface area (TPSA) is 161 Å².